The van der Waals surface area contributed by atoms with Gasteiger partial charge in [0.05, 0.1) is 22.9 Å². The second-order valence-corrected chi connectivity index (χ2v) is 6.43. The lowest BCUT2D eigenvalue weighted by Gasteiger charge is -2.13. The predicted octanol–water partition coefficient (Wildman–Crippen LogP) is 2.46. The summed E-state index contributed by atoms with van der Waals surface area (Å²) >= 11 is 0. The number of benzene rings is 1. The molecule has 4 aromatic rings. The van der Waals surface area contributed by atoms with Crippen LogP contribution in [-0.2, 0) is 11.3 Å². The first-order chi connectivity index (χ1) is 13.6. The van der Waals surface area contributed by atoms with Crippen molar-refractivity contribution < 1.29 is 4.79 Å². The molecule has 0 radical (unpaired) electrons. The fourth-order valence-electron chi connectivity index (χ4n) is 3.19. The van der Waals surface area contributed by atoms with Crippen molar-refractivity contribution in [1.29, 1.82) is 0 Å². The van der Waals surface area contributed by atoms with Gasteiger partial charge in [0.15, 0.2) is 5.65 Å². The first-order valence-electron chi connectivity index (χ1n) is 8.97. The molecule has 1 N–H and O–H groups in total. The molecule has 0 saturated heterocycles. The van der Waals surface area contributed by atoms with Gasteiger partial charge in [0.1, 0.15) is 6.54 Å². The molecule has 3 heterocycles. The number of para-hydroxylation sites is 1. The maximum Gasteiger partial charge on any atom is 0.335 e. The summed E-state index contributed by atoms with van der Waals surface area (Å²) in [4.78, 5) is 34.3. The molecule has 3 aromatic heterocycles. The first-order valence-corrected chi connectivity index (χ1v) is 8.97. The van der Waals surface area contributed by atoms with Crippen LogP contribution in [0, 0.1) is 0 Å². The lowest BCUT2D eigenvalue weighted by molar-refractivity contribution is -0.122. The van der Waals surface area contributed by atoms with E-state index in [0.717, 1.165) is 5.69 Å². The molecule has 1 aromatic carbocycles. The average Bonchev–Trinajstić information content (AvgIpc) is 3.01. The molecular weight excluding hydrogens is 354 g/mol. The zero-order valence-electron chi connectivity index (χ0n) is 15.3. The first kappa shape index (κ1) is 17.7. The normalized spacial score (nSPS) is 12.0. The molecule has 7 nitrogen and oxygen atoms in total. The fourth-order valence-corrected chi connectivity index (χ4v) is 3.19. The van der Waals surface area contributed by atoms with Crippen LogP contribution in [-0.4, -0.2) is 25.0 Å². The van der Waals surface area contributed by atoms with E-state index in [1.54, 1.807) is 24.5 Å². The number of carbonyl (C=O) groups is 1. The molecule has 0 aliphatic heterocycles. The van der Waals surface area contributed by atoms with Crippen molar-refractivity contribution >= 4 is 17.1 Å². The van der Waals surface area contributed by atoms with Gasteiger partial charge >= 0.3 is 5.69 Å². The Balaban J connectivity index is 1.67. The van der Waals surface area contributed by atoms with E-state index in [-0.39, 0.29) is 24.2 Å². The summed E-state index contributed by atoms with van der Waals surface area (Å²) in [5.74, 6) is -0.267. The van der Waals surface area contributed by atoms with Gasteiger partial charge in [-0.3, -0.25) is 14.3 Å². The van der Waals surface area contributed by atoms with Crippen molar-refractivity contribution in [3.8, 4) is 5.69 Å². The molecule has 1 unspecified atom stereocenters. The van der Waals surface area contributed by atoms with Crippen molar-refractivity contribution in [2.75, 3.05) is 0 Å². The van der Waals surface area contributed by atoms with Crippen LogP contribution in [0.5, 0.6) is 0 Å². The highest BCUT2D eigenvalue weighted by Gasteiger charge is 2.18. The molecule has 28 heavy (non-hydrogen) atoms. The zero-order valence-corrected chi connectivity index (χ0v) is 15.3. The van der Waals surface area contributed by atoms with E-state index in [2.05, 4.69) is 15.3 Å². The summed E-state index contributed by atoms with van der Waals surface area (Å²) in [5, 5.41) is 2.89. The molecule has 0 fully saturated rings. The summed E-state index contributed by atoms with van der Waals surface area (Å²) in [5.41, 5.74) is 2.29. The van der Waals surface area contributed by atoms with Crippen LogP contribution in [0.15, 0.2) is 77.9 Å². The second-order valence-electron chi connectivity index (χ2n) is 6.43. The Hall–Kier alpha value is -3.74. The van der Waals surface area contributed by atoms with Crippen LogP contribution in [0.2, 0.25) is 0 Å². The Morgan fingerprint density at radius 1 is 1.00 bits per heavy atom. The van der Waals surface area contributed by atoms with Crippen molar-refractivity contribution in [1.82, 2.24) is 24.4 Å². The highest BCUT2D eigenvalue weighted by molar-refractivity contribution is 5.80. The standard InChI is InChI=1S/C21H19N5O2/c1-15(17-10-5-6-12-22-17)24-19(27)14-25-18-11-7-13-23-20(18)26(21(25)28)16-8-3-2-4-9-16/h2-13,15H,14H2,1H3,(H,24,27). The Morgan fingerprint density at radius 2 is 1.75 bits per heavy atom. The van der Waals surface area contributed by atoms with Gasteiger partial charge in [0.25, 0.3) is 0 Å². The highest BCUT2D eigenvalue weighted by atomic mass is 16.2. The Bertz CT molecular complexity index is 1170. The zero-order chi connectivity index (χ0) is 19.5. The van der Waals surface area contributed by atoms with Gasteiger partial charge in [-0.1, -0.05) is 24.3 Å². The number of rotatable bonds is 5. The number of pyridine rings is 2. The summed E-state index contributed by atoms with van der Waals surface area (Å²) in [7, 11) is 0. The quantitative estimate of drug-likeness (QED) is 0.583. The van der Waals surface area contributed by atoms with Gasteiger partial charge in [-0.25, -0.2) is 14.3 Å². The summed E-state index contributed by atoms with van der Waals surface area (Å²) in [6.45, 7) is 1.76. The summed E-state index contributed by atoms with van der Waals surface area (Å²) in [6, 6.07) is 18.1. The minimum Gasteiger partial charge on any atom is -0.346 e. The number of amides is 1. The van der Waals surface area contributed by atoms with Gasteiger partial charge in [0.2, 0.25) is 5.91 Å². The van der Waals surface area contributed by atoms with Crippen LogP contribution >= 0.6 is 0 Å². The molecule has 0 saturated carbocycles. The molecule has 7 heteroatoms. The van der Waals surface area contributed by atoms with Crippen LogP contribution in [0.3, 0.4) is 0 Å². The molecule has 0 spiro atoms. The number of carbonyl (C=O) groups excluding carboxylic acids is 1. The second kappa shape index (κ2) is 7.48. The molecule has 1 atom stereocenters. The van der Waals surface area contributed by atoms with Gasteiger partial charge < -0.3 is 5.32 Å². The molecule has 4 rings (SSSR count). The van der Waals surface area contributed by atoms with E-state index in [9.17, 15) is 9.59 Å². The fraction of sp³-hybridized carbons (Fsp3) is 0.143. The third-order valence-corrected chi connectivity index (χ3v) is 4.52. The van der Waals surface area contributed by atoms with Crippen molar-refractivity contribution in [2.24, 2.45) is 0 Å². The molecular formula is C21H19N5O2. The van der Waals surface area contributed by atoms with E-state index in [4.69, 9.17) is 0 Å². The largest absolute Gasteiger partial charge is 0.346 e. The molecule has 0 aliphatic carbocycles. The Morgan fingerprint density at radius 3 is 2.50 bits per heavy atom. The van der Waals surface area contributed by atoms with Gasteiger partial charge in [0, 0.05) is 12.4 Å². The van der Waals surface area contributed by atoms with Crippen molar-refractivity contribution in [3.05, 3.63) is 89.2 Å². The predicted molar refractivity (Wildman–Crippen MR) is 106 cm³/mol. The van der Waals surface area contributed by atoms with Gasteiger partial charge in [-0.2, -0.15) is 0 Å². The van der Waals surface area contributed by atoms with E-state index in [1.165, 1.54) is 9.13 Å². The monoisotopic (exact) mass is 373 g/mol. The number of aromatic nitrogens is 4. The maximum atomic E-state index is 13.1. The third kappa shape index (κ3) is 3.29. The van der Waals surface area contributed by atoms with E-state index in [1.807, 2.05) is 55.5 Å². The Labute approximate surface area is 161 Å². The van der Waals surface area contributed by atoms with E-state index in [0.29, 0.717) is 16.9 Å². The summed E-state index contributed by atoms with van der Waals surface area (Å²) < 4.78 is 2.96. The van der Waals surface area contributed by atoms with Crippen LogP contribution in [0.1, 0.15) is 18.7 Å². The molecule has 0 aliphatic rings. The minimum atomic E-state index is -0.305. The highest BCUT2D eigenvalue weighted by Crippen LogP contribution is 2.15. The SMILES string of the molecule is CC(NC(=O)Cn1c(=O)n(-c2ccccc2)c2ncccc21)c1ccccn1. The molecule has 0 bridgehead atoms. The average molecular weight is 373 g/mol. The minimum absolute atomic E-state index is 0.0992. The smallest absolute Gasteiger partial charge is 0.335 e. The van der Waals surface area contributed by atoms with Crippen LogP contribution < -0.4 is 11.0 Å². The number of imidazole rings is 1. The topological polar surface area (TPSA) is 81.8 Å². The number of fused-ring (bicyclic) bond motifs is 1. The Kier molecular flexibility index (Phi) is 4.72. The lowest BCUT2D eigenvalue weighted by Crippen LogP contribution is -2.34. The molecule has 140 valence electrons. The maximum absolute atomic E-state index is 13.1. The van der Waals surface area contributed by atoms with Crippen molar-refractivity contribution in [2.45, 2.75) is 19.5 Å². The number of nitrogens with zero attached hydrogens (tertiary/aromatic N) is 4. The lowest BCUT2D eigenvalue weighted by atomic mass is 10.2. The van der Waals surface area contributed by atoms with Crippen LogP contribution in [0.25, 0.3) is 16.9 Å². The molecule has 1 amide bonds. The van der Waals surface area contributed by atoms with Crippen molar-refractivity contribution in [3.63, 3.8) is 0 Å². The van der Waals surface area contributed by atoms with Gasteiger partial charge in [-0.15, -0.1) is 0 Å². The number of hydrogen-bond acceptors (Lipinski definition) is 4. The third-order valence-electron chi connectivity index (χ3n) is 4.52. The van der Waals surface area contributed by atoms with Crippen LogP contribution in [0.4, 0.5) is 0 Å². The number of nitrogens with one attached hydrogen (secondary N) is 1. The summed E-state index contributed by atoms with van der Waals surface area (Å²) in [6.07, 6.45) is 3.32. The van der Waals surface area contributed by atoms with Gasteiger partial charge in [-0.05, 0) is 43.3 Å². The number of hydrogen-bond donors (Lipinski definition) is 1. The van der Waals surface area contributed by atoms with E-state index < -0.39 is 0 Å². The van der Waals surface area contributed by atoms with E-state index >= 15 is 0 Å².